The Morgan fingerprint density at radius 3 is 2.09 bits per heavy atom. The lowest BCUT2D eigenvalue weighted by Crippen LogP contribution is -2.21. The van der Waals surface area contributed by atoms with Crippen LogP contribution < -0.4 is 0 Å². The van der Waals surface area contributed by atoms with Gasteiger partial charge in [-0.25, -0.2) is 4.79 Å². The van der Waals surface area contributed by atoms with E-state index >= 15 is 0 Å². The van der Waals surface area contributed by atoms with Crippen molar-refractivity contribution >= 4 is 29.1 Å². The second kappa shape index (κ2) is 7.20. The van der Waals surface area contributed by atoms with E-state index in [9.17, 15) is 14.4 Å². The molecule has 2 rings (SSSR count). The van der Waals surface area contributed by atoms with Crippen LogP contribution in [-0.4, -0.2) is 24.6 Å². The van der Waals surface area contributed by atoms with Gasteiger partial charge in [-0.3, -0.25) is 9.59 Å². The van der Waals surface area contributed by atoms with E-state index in [0.717, 1.165) is 0 Å². The number of methoxy groups -OCH3 is 1. The van der Waals surface area contributed by atoms with E-state index in [0.29, 0.717) is 16.1 Å². The molecule has 0 aliphatic carbocycles. The molecular weight excluding hydrogens is 316 g/mol. The first kappa shape index (κ1) is 16.9. The SMILES string of the molecule is COC(=O)c1cccc(C(=O)C(C)C(=O)c2ccc(Cl)cc2)c1. The van der Waals surface area contributed by atoms with Gasteiger partial charge < -0.3 is 4.74 Å². The third-order valence-corrected chi connectivity index (χ3v) is 3.74. The molecule has 0 spiro atoms. The van der Waals surface area contributed by atoms with E-state index in [2.05, 4.69) is 4.74 Å². The topological polar surface area (TPSA) is 60.4 Å². The van der Waals surface area contributed by atoms with Gasteiger partial charge in [-0.1, -0.05) is 23.7 Å². The van der Waals surface area contributed by atoms with Crippen LogP contribution in [0, 0.1) is 5.92 Å². The van der Waals surface area contributed by atoms with Gasteiger partial charge in [-0.05, 0) is 43.3 Å². The molecule has 23 heavy (non-hydrogen) atoms. The summed E-state index contributed by atoms with van der Waals surface area (Å²) in [7, 11) is 1.27. The van der Waals surface area contributed by atoms with Crippen molar-refractivity contribution in [3.05, 3.63) is 70.2 Å². The fourth-order valence-electron chi connectivity index (χ4n) is 2.15. The third kappa shape index (κ3) is 3.85. The number of benzene rings is 2. The highest BCUT2D eigenvalue weighted by Crippen LogP contribution is 2.18. The van der Waals surface area contributed by atoms with Crippen LogP contribution in [0.5, 0.6) is 0 Å². The van der Waals surface area contributed by atoms with Crippen molar-refractivity contribution in [1.82, 2.24) is 0 Å². The number of carbonyl (C=O) groups excluding carboxylic acids is 3. The van der Waals surface area contributed by atoms with Gasteiger partial charge in [0.25, 0.3) is 0 Å². The Kier molecular flexibility index (Phi) is 5.29. The first-order valence-electron chi connectivity index (χ1n) is 6.96. The monoisotopic (exact) mass is 330 g/mol. The van der Waals surface area contributed by atoms with E-state index in [4.69, 9.17) is 11.6 Å². The lowest BCUT2D eigenvalue weighted by Gasteiger charge is -2.10. The number of Topliss-reactive ketones (excluding diaryl/α,β-unsaturated/α-hetero) is 2. The summed E-state index contributed by atoms with van der Waals surface area (Å²) in [6.07, 6.45) is 0. The minimum atomic E-state index is -0.857. The molecule has 0 bridgehead atoms. The molecule has 0 heterocycles. The molecule has 0 amide bonds. The number of carbonyl (C=O) groups is 3. The lowest BCUT2D eigenvalue weighted by atomic mass is 9.91. The smallest absolute Gasteiger partial charge is 0.337 e. The van der Waals surface area contributed by atoms with Crippen LogP contribution in [0.2, 0.25) is 5.02 Å². The van der Waals surface area contributed by atoms with Gasteiger partial charge in [0.1, 0.15) is 0 Å². The van der Waals surface area contributed by atoms with E-state index in [1.54, 1.807) is 49.4 Å². The summed E-state index contributed by atoms with van der Waals surface area (Å²) in [5.74, 6) is -2.04. The average molecular weight is 331 g/mol. The molecule has 1 unspecified atom stereocenters. The largest absolute Gasteiger partial charge is 0.465 e. The van der Waals surface area contributed by atoms with Crippen LogP contribution >= 0.6 is 11.6 Å². The van der Waals surface area contributed by atoms with Crippen molar-refractivity contribution in [3.8, 4) is 0 Å². The minimum Gasteiger partial charge on any atom is -0.465 e. The summed E-state index contributed by atoms with van der Waals surface area (Å²) in [6, 6.07) is 12.5. The van der Waals surface area contributed by atoms with Crippen LogP contribution in [-0.2, 0) is 4.74 Å². The highest BCUT2D eigenvalue weighted by Gasteiger charge is 2.24. The number of esters is 1. The number of ketones is 2. The number of halogens is 1. The Hall–Kier alpha value is -2.46. The lowest BCUT2D eigenvalue weighted by molar-refractivity contribution is 0.0600. The Morgan fingerprint density at radius 2 is 1.48 bits per heavy atom. The molecule has 0 saturated carbocycles. The molecule has 0 fully saturated rings. The fourth-order valence-corrected chi connectivity index (χ4v) is 2.28. The van der Waals surface area contributed by atoms with Crippen LogP contribution in [0.1, 0.15) is 38.0 Å². The molecule has 0 aromatic heterocycles. The average Bonchev–Trinajstić information content (AvgIpc) is 2.59. The van der Waals surface area contributed by atoms with E-state index in [1.807, 2.05) is 0 Å². The molecule has 0 saturated heterocycles. The Balaban J connectivity index is 2.24. The van der Waals surface area contributed by atoms with Gasteiger partial charge >= 0.3 is 5.97 Å². The van der Waals surface area contributed by atoms with Crippen LogP contribution in [0.4, 0.5) is 0 Å². The van der Waals surface area contributed by atoms with Gasteiger partial charge in [-0.2, -0.15) is 0 Å². The Labute approximate surface area is 139 Å². The van der Waals surface area contributed by atoms with Gasteiger partial charge in [0, 0.05) is 16.1 Å². The van der Waals surface area contributed by atoms with E-state index < -0.39 is 11.9 Å². The van der Waals surface area contributed by atoms with Crippen molar-refractivity contribution in [2.75, 3.05) is 7.11 Å². The minimum absolute atomic E-state index is 0.268. The molecular formula is C18H15ClO4. The summed E-state index contributed by atoms with van der Waals surface area (Å²) in [6.45, 7) is 1.55. The van der Waals surface area contributed by atoms with Crippen molar-refractivity contribution in [2.24, 2.45) is 5.92 Å². The molecule has 0 aliphatic heterocycles. The number of hydrogen-bond acceptors (Lipinski definition) is 4. The van der Waals surface area contributed by atoms with Gasteiger partial charge in [0.2, 0.25) is 0 Å². The van der Waals surface area contributed by atoms with Crippen LogP contribution in [0.25, 0.3) is 0 Å². The first-order valence-corrected chi connectivity index (χ1v) is 7.34. The molecule has 1 atom stereocenters. The van der Waals surface area contributed by atoms with Crippen molar-refractivity contribution in [3.63, 3.8) is 0 Å². The quantitative estimate of drug-likeness (QED) is 0.475. The zero-order valence-corrected chi connectivity index (χ0v) is 13.5. The maximum absolute atomic E-state index is 12.5. The maximum atomic E-state index is 12.5. The highest BCUT2D eigenvalue weighted by atomic mass is 35.5. The van der Waals surface area contributed by atoms with Crippen LogP contribution in [0.15, 0.2) is 48.5 Å². The molecule has 118 valence electrons. The van der Waals surface area contributed by atoms with Gasteiger partial charge in [0.05, 0.1) is 18.6 Å². The number of hydrogen-bond donors (Lipinski definition) is 0. The van der Waals surface area contributed by atoms with E-state index in [-0.39, 0.29) is 17.1 Å². The summed E-state index contributed by atoms with van der Waals surface area (Å²) in [5, 5.41) is 0.520. The zero-order chi connectivity index (χ0) is 17.0. The normalized spacial score (nSPS) is 11.6. The van der Waals surface area contributed by atoms with Gasteiger partial charge in [0.15, 0.2) is 11.6 Å². The number of ether oxygens (including phenoxy) is 1. The molecule has 0 aliphatic rings. The fraction of sp³-hybridized carbons (Fsp3) is 0.167. The highest BCUT2D eigenvalue weighted by molar-refractivity contribution is 6.30. The van der Waals surface area contributed by atoms with Gasteiger partial charge in [-0.15, -0.1) is 0 Å². The maximum Gasteiger partial charge on any atom is 0.337 e. The van der Waals surface area contributed by atoms with Crippen LogP contribution in [0.3, 0.4) is 0 Å². The molecule has 4 nitrogen and oxygen atoms in total. The predicted molar refractivity (Wildman–Crippen MR) is 87.1 cm³/mol. The summed E-state index contributed by atoms with van der Waals surface area (Å²) >= 11 is 5.79. The summed E-state index contributed by atoms with van der Waals surface area (Å²) in [4.78, 5) is 36.4. The van der Waals surface area contributed by atoms with Crippen molar-refractivity contribution in [1.29, 1.82) is 0 Å². The standard InChI is InChI=1S/C18H15ClO4/c1-11(16(20)12-6-8-15(19)9-7-12)17(21)13-4-3-5-14(10-13)18(22)23-2/h3-11H,1-2H3. The summed E-state index contributed by atoms with van der Waals surface area (Å²) < 4.78 is 4.63. The van der Waals surface area contributed by atoms with Crippen molar-refractivity contribution < 1.29 is 19.1 Å². The number of rotatable bonds is 5. The molecule has 0 radical (unpaired) electrons. The van der Waals surface area contributed by atoms with E-state index in [1.165, 1.54) is 13.2 Å². The first-order chi connectivity index (χ1) is 10.9. The molecule has 0 N–H and O–H groups in total. The molecule has 2 aromatic carbocycles. The second-order valence-corrected chi connectivity index (χ2v) is 5.47. The Morgan fingerprint density at radius 1 is 0.913 bits per heavy atom. The third-order valence-electron chi connectivity index (χ3n) is 3.48. The summed E-state index contributed by atoms with van der Waals surface area (Å²) in [5.41, 5.74) is 0.978. The predicted octanol–water partition coefficient (Wildman–Crippen LogP) is 3.83. The zero-order valence-electron chi connectivity index (χ0n) is 12.7. The second-order valence-electron chi connectivity index (χ2n) is 5.03. The Bertz CT molecular complexity index is 750. The molecule has 5 heteroatoms. The van der Waals surface area contributed by atoms with Crippen molar-refractivity contribution in [2.45, 2.75) is 6.92 Å². The molecule has 2 aromatic rings.